The fraction of sp³-hybridized carbons (Fsp3) is 0.438. The van der Waals surface area contributed by atoms with Crippen LogP contribution in [0.3, 0.4) is 0 Å². The highest BCUT2D eigenvalue weighted by Crippen LogP contribution is 2.28. The molecule has 0 amide bonds. The first kappa shape index (κ1) is 21.1. The van der Waals surface area contributed by atoms with Gasteiger partial charge < -0.3 is 4.74 Å². The van der Waals surface area contributed by atoms with Crippen molar-refractivity contribution in [1.82, 2.24) is 14.2 Å². The number of aromatic nitrogens is 1. The zero-order valence-corrected chi connectivity index (χ0v) is 17.5. The molecule has 1 aliphatic heterocycles. The van der Waals surface area contributed by atoms with Crippen LogP contribution in [0.1, 0.15) is 10.7 Å². The molecule has 1 aromatic carbocycles. The summed E-state index contributed by atoms with van der Waals surface area (Å²) in [5.74, 6) is 0. The van der Waals surface area contributed by atoms with Gasteiger partial charge in [-0.15, -0.1) is 11.3 Å². The number of thiazole rings is 1. The lowest BCUT2D eigenvalue weighted by atomic mass is 10.3. The molecule has 152 valence electrons. The number of ether oxygens (including phenoxy) is 1. The minimum atomic E-state index is -3.92. The van der Waals surface area contributed by atoms with Crippen molar-refractivity contribution in [3.8, 4) is 0 Å². The van der Waals surface area contributed by atoms with Gasteiger partial charge in [0.15, 0.2) is 0 Å². The number of morpholine rings is 1. The Labute approximate surface area is 171 Å². The molecule has 3 rings (SSSR count). The molecule has 2 aromatic rings. The zero-order chi connectivity index (χ0) is 20.3. The fourth-order valence-corrected chi connectivity index (χ4v) is 4.91. The van der Waals surface area contributed by atoms with Crippen molar-refractivity contribution in [2.24, 2.45) is 0 Å². The van der Waals surface area contributed by atoms with Gasteiger partial charge in [0.2, 0.25) is 10.0 Å². The highest BCUT2D eigenvalue weighted by Gasteiger charge is 2.25. The number of halogens is 1. The summed E-state index contributed by atoms with van der Waals surface area (Å²) in [6.45, 7) is 3.86. The van der Waals surface area contributed by atoms with Gasteiger partial charge in [0.1, 0.15) is 10.0 Å². The zero-order valence-electron chi connectivity index (χ0n) is 15.1. The molecule has 1 aliphatic rings. The molecule has 0 atom stereocenters. The first-order valence-corrected chi connectivity index (χ1v) is 11.1. The molecule has 0 bridgehead atoms. The first-order chi connectivity index (χ1) is 13.3. The smallest absolute Gasteiger partial charge is 0.289 e. The molecular formula is C16H19ClN4O5S2. The highest BCUT2D eigenvalue weighted by molar-refractivity contribution is 7.89. The van der Waals surface area contributed by atoms with Gasteiger partial charge in [-0.05, 0) is 12.1 Å². The number of rotatable bonds is 7. The number of hydrogen-bond acceptors (Lipinski definition) is 8. The van der Waals surface area contributed by atoms with Crippen LogP contribution in [0.25, 0.3) is 0 Å². The summed E-state index contributed by atoms with van der Waals surface area (Å²) >= 11 is 7.24. The molecule has 28 heavy (non-hydrogen) atoms. The predicted octanol–water partition coefficient (Wildman–Crippen LogP) is 2.36. The molecule has 0 radical (unpaired) electrons. The Kier molecular flexibility index (Phi) is 6.63. The van der Waals surface area contributed by atoms with Crippen LogP contribution in [0.2, 0.25) is 5.02 Å². The van der Waals surface area contributed by atoms with Crippen LogP contribution in [0, 0.1) is 10.1 Å². The summed E-state index contributed by atoms with van der Waals surface area (Å²) in [7, 11) is -2.51. The third-order valence-electron chi connectivity index (χ3n) is 4.27. The summed E-state index contributed by atoms with van der Waals surface area (Å²) in [4.78, 5) is 16.9. The number of hydrogen-bond donors (Lipinski definition) is 0. The Morgan fingerprint density at radius 1 is 1.39 bits per heavy atom. The Hall–Kier alpha value is -1.63. The SMILES string of the molecule is CN(Cc1csc(CN2CCOCC2)n1)S(=O)(=O)c1ccc(Cl)c([N+](=O)[O-])c1. The Morgan fingerprint density at radius 2 is 2.11 bits per heavy atom. The van der Waals surface area contributed by atoms with Gasteiger partial charge in [-0.25, -0.2) is 13.4 Å². The molecule has 1 aromatic heterocycles. The summed E-state index contributed by atoms with van der Waals surface area (Å²) in [5, 5.41) is 13.6. The third kappa shape index (κ3) is 4.85. The molecule has 2 heterocycles. The number of sulfonamides is 1. The standard InChI is InChI=1S/C16H19ClN4O5S2/c1-19(28(24,25)13-2-3-14(17)15(8-13)21(22)23)9-12-11-27-16(18-12)10-20-4-6-26-7-5-20/h2-3,8,11H,4-7,9-10H2,1H3. The maximum Gasteiger partial charge on any atom is 0.289 e. The molecular weight excluding hydrogens is 428 g/mol. The van der Waals surface area contributed by atoms with Gasteiger partial charge >= 0.3 is 0 Å². The Balaban J connectivity index is 1.71. The van der Waals surface area contributed by atoms with Crippen LogP contribution in [-0.4, -0.2) is 60.9 Å². The fourth-order valence-electron chi connectivity index (χ4n) is 2.73. The lowest BCUT2D eigenvalue weighted by Gasteiger charge is -2.25. The minimum absolute atomic E-state index is 0.0678. The molecule has 1 fully saturated rings. The largest absolute Gasteiger partial charge is 0.379 e. The Bertz CT molecular complexity index is 960. The van der Waals surface area contributed by atoms with E-state index in [1.807, 2.05) is 5.38 Å². The van der Waals surface area contributed by atoms with Crippen molar-refractivity contribution in [2.75, 3.05) is 33.4 Å². The van der Waals surface area contributed by atoms with E-state index in [0.717, 1.165) is 28.5 Å². The second-order valence-corrected chi connectivity index (χ2v) is 9.65. The van der Waals surface area contributed by atoms with Crippen LogP contribution in [0.4, 0.5) is 5.69 Å². The number of nitro benzene ring substituents is 1. The highest BCUT2D eigenvalue weighted by atomic mass is 35.5. The number of nitrogens with zero attached hydrogens (tertiary/aromatic N) is 4. The summed E-state index contributed by atoms with van der Waals surface area (Å²) in [6, 6.07) is 3.44. The number of nitro groups is 1. The van der Waals surface area contributed by atoms with Crippen molar-refractivity contribution in [3.63, 3.8) is 0 Å². The van der Waals surface area contributed by atoms with Crippen molar-refractivity contribution in [3.05, 3.63) is 49.4 Å². The van der Waals surface area contributed by atoms with Crippen molar-refractivity contribution in [1.29, 1.82) is 0 Å². The summed E-state index contributed by atoms with van der Waals surface area (Å²) in [6.07, 6.45) is 0. The lowest BCUT2D eigenvalue weighted by molar-refractivity contribution is -0.384. The third-order valence-corrected chi connectivity index (χ3v) is 7.27. The van der Waals surface area contributed by atoms with Gasteiger partial charge in [0, 0.05) is 31.6 Å². The van der Waals surface area contributed by atoms with E-state index in [0.29, 0.717) is 25.5 Å². The predicted molar refractivity (Wildman–Crippen MR) is 105 cm³/mol. The van der Waals surface area contributed by atoms with E-state index in [1.165, 1.54) is 30.5 Å². The first-order valence-electron chi connectivity index (χ1n) is 8.41. The molecule has 0 N–H and O–H groups in total. The van der Waals surface area contributed by atoms with Crippen LogP contribution in [0.5, 0.6) is 0 Å². The quantitative estimate of drug-likeness (QED) is 0.474. The van der Waals surface area contributed by atoms with E-state index in [2.05, 4.69) is 9.88 Å². The maximum atomic E-state index is 12.8. The van der Waals surface area contributed by atoms with E-state index >= 15 is 0 Å². The van der Waals surface area contributed by atoms with E-state index in [4.69, 9.17) is 16.3 Å². The number of benzene rings is 1. The minimum Gasteiger partial charge on any atom is -0.379 e. The van der Waals surface area contributed by atoms with Gasteiger partial charge in [-0.1, -0.05) is 11.6 Å². The van der Waals surface area contributed by atoms with E-state index in [1.54, 1.807) is 0 Å². The van der Waals surface area contributed by atoms with Crippen molar-refractivity contribution >= 4 is 38.6 Å². The van der Waals surface area contributed by atoms with E-state index < -0.39 is 20.6 Å². The second-order valence-electron chi connectivity index (χ2n) is 6.25. The molecule has 0 aliphatic carbocycles. The van der Waals surface area contributed by atoms with Gasteiger partial charge in [0.05, 0.1) is 41.8 Å². The van der Waals surface area contributed by atoms with Crippen molar-refractivity contribution < 1.29 is 18.1 Å². The Morgan fingerprint density at radius 3 is 2.79 bits per heavy atom. The molecule has 0 saturated carbocycles. The second kappa shape index (κ2) is 8.80. The van der Waals surface area contributed by atoms with Crippen molar-refractivity contribution in [2.45, 2.75) is 18.0 Å². The van der Waals surface area contributed by atoms with Gasteiger partial charge in [-0.2, -0.15) is 4.31 Å². The average molecular weight is 447 g/mol. The molecule has 0 spiro atoms. The summed E-state index contributed by atoms with van der Waals surface area (Å²) < 4.78 is 32.0. The molecule has 12 heteroatoms. The molecule has 1 saturated heterocycles. The molecule has 9 nitrogen and oxygen atoms in total. The normalized spacial score (nSPS) is 15.8. The molecule has 0 unspecified atom stereocenters. The average Bonchev–Trinajstić information content (AvgIpc) is 3.09. The van der Waals surface area contributed by atoms with Crippen LogP contribution >= 0.6 is 22.9 Å². The summed E-state index contributed by atoms with van der Waals surface area (Å²) in [5.41, 5.74) is 0.181. The maximum absolute atomic E-state index is 12.8. The van der Waals surface area contributed by atoms with Crippen LogP contribution in [-0.2, 0) is 27.8 Å². The monoisotopic (exact) mass is 446 g/mol. The van der Waals surface area contributed by atoms with E-state index in [9.17, 15) is 18.5 Å². The lowest BCUT2D eigenvalue weighted by Crippen LogP contribution is -2.35. The van der Waals surface area contributed by atoms with Gasteiger partial charge in [-0.3, -0.25) is 15.0 Å². The van der Waals surface area contributed by atoms with Crippen LogP contribution < -0.4 is 0 Å². The van der Waals surface area contributed by atoms with Gasteiger partial charge in [0.25, 0.3) is 5.69 Å². The van der Waals surface area contributed by atoms with Crippen LogP contribution in [0.15, 0.2) is 28.5 Å². The van der Waals surface area contributed by atoms with E-state index in [-0.39, 0.29) is 16.5 Å². The topological polar surface area (TPSA) is 106 Å².